The lowest BCUT2D eigenvalue weighted by atomic mass is 10.1. The predicted molar refractivity (Wildman–Crippen MR) is 68.5 cm³/mol. The lowest BCUT2D eigenvalue weighted by Gasteiger charge is -2.14. The van der Waals surface area contributed by atoms with Gasteiger partial charge in [-0.25, -0.2) is 0 Å². The van der Waals surface area contributed by atoms with E-state index in [2.05, 4.69) is 10.6 Å². The molecular formula is C11H15N3O3S. The Morgan fingerprint density at radius 2 is 2.33 bits per heavy atom. The number of hydrogen-bond acceptors (Lipinski definition) is 5. The van der Waals surface area contributed by atoms with Crippen molar-refractivity contribution in [3.05, 3.63) is 27.1 Å². The van der Waals surface area contributed by atoms with Gasteiger partial charge < -0.3 is 10.6 Å². The summed E-state index contributed by atoms with van der Waals surface area (Å²) >= 11 is 1.14. The molecule has 2 heterocycles. The third-order valence-electron chi connectivity index (χ3n) is 2.89. The van der Waals surface area contributed by atoms with E-state index < -0.39 is 4.92 Å². The van der Waals surface area contributed by atoms with Crippen LogP contribution in [0.1, 0.15) is 24.1 Å². The van der Waals surface area contributed by atoms with Gasteiger partial charge in [0.25, 0.3) is 0 Å². The zero-order valence-electron chi connectivity index (χ0n) is 9.85. The van der Waals surface area contributed by atoms with Crippen LogP contribution in [0.3, 0.4) is 0 Å². The van der Waals surface area contributed by atoms with E-state index in [4.69, 9.17) is 0 Å². The summed E-state index contributed by atoms with van der Waals surface area (Å²) in [5.74, 6) is 0.0264. The zero-order valence-corrected chi connectivity index (χ0v) is 10.7. The molecule has 0 aliphatic carbocycles. The van der Waals surface area contributed by atoms with E-state index in [9.17, 15) is 14.9 Å². The Morgan fingerprint density at radius 3 is 3.06 bits per heavy atom. The molecule has 0 bridgehead atoms. The Bertz CT molecular complexity index is 446. The molecule has 7 heteroatoms. The van der Waals surface area contributed by atoms with Crippen molar-refractivity contribution in [3.63, 3.8) is 0 Å². The molecule has 2 N–H and O–H groups in total. The minimum Gasteiger partial charge on any atom is -0.355 e. The van der Waals surface area contributed by atoms with Crippen molar-refractivity contribution < 1.29 is 9.72 Å². The molecule has 1 aromatic heterocycles. The van der Waals surface area contributed by atoms with Gasteiger partial charge in [0.05, 0.1) is 11.0 Å². The van der Waals surface area contributed by atoms with Crippen LogP contribution in [0, 0.1) is 10.1 Å². The summed E-state index contributed by atoms with van der Waals surface area (Å²) in [4.78, 5) is 22.7. The third-order valence-corrected chi connectivity index (χ3v) is 3.92. The molecule has 0 aromatic carbocycles. The number of rotatable bonds is 4. The molecule has 1 aliphatic rings. The average molecular weight is 269 g/mol. The van der Waals surface area contributed by atoms with Crippen molar-refractivity contribution in [1.29, 1.82) is 0 Å². The molecule has 0 saturated carbocycles. The highest BCUT2D eigenvalue weighted by atomic mass is 32.1. The maximum Gasteiger partial charge on any atom is 0.324 e. The highest BCUT2D eigenvalue weighted by Crippen LogP contribution is 2.23. The van der Waals surface area contributed by atoms with E-state index in [0.717, 1.165) is 42.0 Å². The van der Waals surface area contributed by atoms with E-state index in [1.807, 2.05) is 0 Å². The summed E-state index contributed by atoms with van der Waals surface area (Å²) in [5.41, 5.74) is 0. The van der Waals surface area contributed by atoms with Crippen molar-refractivity contribution in [3.8, 4) is 0 Å². The lowest BCUT2D eigenvalue weighted by Crippen LogP contribution is -2.42. The van der Waals surface area contributed by atoms with Crippen molar-refractivity contribution in [2.24, 2.45) is 0 Å². The molecule has 1 amide bonds. The van der Waals surface area contributed by atoms with Gasteiger partial charge in [0.15, 0.2) is 0 Å². The normalized spacial score (nSPS) is 20.2. The SMILES string of the molecule is O=C1NCCCCC1NCc1ccc([N+](=O)[O-])s1. The van der Waals surface area contributed by atoms with Crippen LogP contribution in [0.2, 0.25) is 0 Å². The summed E-state index contributed by atoms with van der Waals surface area (Å²) < 4.78 is 0. The van der Waals surface area contributed by atoms with E-state index in [0.29, 0.717) is 6.54 Å². The first kappa shape index (κ1) is 13.0. The molecule has 1 fully saturated rings. The van der Waals surface area contributed by atoms with Gasteiger partial charge in [-0.15, -0.1) is 0 Å². The van der Waals surface area contributed by atoms with Gasteiger partial charge in [-0.2, -0.15) is 0 Å². The number of hydrogen-bond donors (Lipinski definition) is 2. The Kier molecular flexibility index (Phi) is 4.27. The fourth-order valence-corrected chi connectivity index (χ4v) is 2.69. The molecule has 1 aromatic rings. The highest BCUT2D eigenvalue weighted by Gasteiger charge is 2.20. The molecule has 2 rings (SSSR count). The van der Waals surface area contributed by atoms with E-state index in [-0.39, 0.29) is 17.0 Å². The third kappa shape index (κ3) is 3.27. The number of nitrogens with zero attached hydrogens (tertiary/aromatic N) is 1. The summed E-state index contributed by atoms with van der Waals surface area (Å²) in [5, 5.41) is 16.7. The van der Waals surface area contributed by atoms with Gasteiger partial charge in [-0.3, -0.25) is 14.9 Å². The van der Waals surface area contributed by atoms with E-state index >= 15 is 0 Å². The fourth-order valence-electron chi connectivity index (χ4n) is 1.92. The summed E-state index contributed by atoms with van der Waals surface area (Å²) in [6.45, 7) is 1.23. The zero-order chi connectivity index (χ0) is 13.0. The molecule has 1 unspecified atom stereocenters. The molecule has 0 radical (unpaired) electrons. The van der Waals surface area contributed by atoms with Crippen LogP contribution in [0.5, 0.6) is 0 Å². The monoisotopic (exact) mass is 269 g/mol. The fraction of sp³-hybridized carbons (Fsp3) is 0.545. The molecule has 1 aliphatic heterocycles. The minimum atomic E-state index is -0.396. The maximum absolute atomic E-state index is 11.7. The second kappa shape index (κ2) is 5.92. The van der Waals surface area contributed by atoms with Gasteiger partial charge >= 0.3 is 5.00 Å². The first-order valence-corrected chi connectivity index (χ1v) is 6.72. The van der Waals surface area contributed by atoms with E-state index in [1.165, 1.54) is 6.07 Å². The molecule has 1 saturated heterocycles. The van der Waals surface area contributed by atoms with Crippen LogP contribution < -0.4 is 10.6 Å². The van der Waals surface area contributed by atoms with Crippen LogP contribution in [0.4, 0.5) is 5.00 Å². The number of thiophene rings is 1. The van der Waals surface area contributed by atoms with E-state index in [1.54, 1.807) is 6.07 Å². The van der Waals surface area contributed by atoms with Crippen molar-refractivity contribution in [2.45, 2.75) is 31.8 Å². The van der Waals surface area contributed by atoms with Crippen molar-refractivity contribution in [2.75, 3.05) is 6.54 Å². The smallest absolute Gasteiger partial charge is 0.324 e. The second-order valence-corrected chi connectivity index (χ2v) is 5.36. The summed E-state index contributed by atoms with van der Waals surface area (Å²) in [6, 6.07) is 3.04. The van der Waals surface area contributed by atoms with Gasteiger partial charge in [0, 0.05) is 24.0 Å². The predicted octanol–water partition coefficient (Wildman–Crippen LogP) is 1.41. The van der Waals surface area contributed by atoms with Crippen molar-refractivity contribution in [1.82, 2.24) is 10.6 Å². The standard InChI is InChI=1S/C11H15N3O3S/c15-11-9(3-1-2-6-12-11)13-7-8-4-5-10(18-8)14(16)17/h4-5,9,13H,1-3,6-7H2,(H,12,15). The van der Waals surface area contributed by atoms with Crippen molar-refractivity contribution >= 4 is 22.2 Å². The number of nitrogens with one attached hydrogen (secondary N) is 2. The molecule has 6 nitrogen and oxygen atoms in total. The largest absolute Gasteiger partial charge is 0.355 e. The minimum absolute atomic E-state index is 0.0264. The number of carbonyl (C=O) groups excluding carboxylic acids is 1. The average Bonchev–Trinajstić information content (AvgIpc) is 2.72. The molecule has 98 valence electrons. The van der Waals surface area contributed by atoms with Crippen LogP contribution >= 0.6 is 11.3 Å². The second-order valence-electron chi connectivity index (χ2n) is 4.22. The van der Waals surface area contributed by atoms with Gasteiger partial charge in [0.2, 0.25) is 5.91 Å². The van der Waals surface area contributed by atoms with Crippen LogP contribution in [0.25, 0.3) is 0 Å². The first-order chi connectivity index (χ1) is 8.66. The molecule has 1 atom stereocenters. The Morgan fingerprint density at radius 1 is 1.50 bits per heavy atom. The quantitative estimate of drug-likeness (QED) is 0.639. The van der Waals surface area contributed by atoms with Crippen LogP contribution in [0.15, 0.2) is 12.1 Å². The van der Waals surface area contributed by atoms with Gasteiger partial charge in [0.1, 0.15) is 0 Å². The highest BCUT2D eigenvalue weighted by molar-refractivity contribution is 7.15. The topological polar surface area (TPSA) is 84.3 Å². The number of amides is 1. The molecular weight excluding hydrogens is 254 g/mol. The Labute approximate surface area is 109 Å². The molecule has 18 heavy (non-hydrogen) atoms. The summed E-state index contributed by atoms with van der Waals surface area (Å²) in [7, 11) is 0. The van der Waals surface area contributed by atoms with Gasteiger partial charge in [-0.1, -0.05) is 11.3 Å². The number of nitro groups is 1. The van der Waals surface area contributed by atoms with Crippen LogP contribution in [-0.2, 0) is 11.3 Å². The van der Waals surface area contributed by atoms with Gasteiger partial charge in [-0.05, 0) is 25.3 Å². The Hall–Kier alpha value is -1.47. The lowest BCUT2D eigenvalue weighted by molar-refractivity contribution is -0.380. The molecule has 0 spiro atoms. The number of carbonyl (C=O) groups is 1. The van der Waals surface area contributed by atoms with Crippen LogP contribution in [-0.4, -0.2) is 23.4 Å². The maximum atomic E-state index is 11.7. The Balaban J connectivity index is 1.89. The first-order valence-electron chi connectivity index (χ1n) is 5.91. The summed E-state index contributed by atoms with van der Waals surface area (Å²) in [6.07, 6.45) is 2.84.